The van der Waals surface area contributed by atoms with Crippen LogP contribution in [0.5, 0.6) is 0 Å². The van der Waals surface area contributed by atoms with Crippen LogP contribution in [-0.2, 0) is 11.3 Å². The lowest BCUT2D eigenvalue weighted by atomic mass is 9.99. The number of alkyl carbamates (subject to hydrolysis) is 1. The van der Waals surface area contributed by atoms with Gasteiger partial charge in [-0.05, 0) is 64.6 Å². The number of ether oxygens (including phenoxy) is 1. The van der Waals surface area contributed by atoms with Crippen molar-refractivity contribution < 1.29 is 9.53 Å². The van der Waals surface area contributed by atoms with E-state index in [1.165, 1.54) is 4.52 Å². The quantitative estimate of drug-likeness (QED) is 0.367. The van der Waals surface area contributed by atoms with Crippen molar-refractivity contribution in [3.63, 3.8) is 0 Å². The van der Waals surface area contributed by atoms with E-state index in [1.807, 2.05) is 57.2 Å². The van der Waals surface area contributed by atoms with E-state index in [1.54, 1.807) is 11.5 Å². The summed E-state index contributed by atoms with van der Waals surface area (Å²) in [6.07, 6.45) is 1.26. The van der Waals surface area contributed by atoms with Gasteiger partial charge in [0.05, 0.1) is 28.8 Å². The zero-order chi connectivity index (χ0) is 26.5. The number of rotatable bonds is 10. The fourth-order valence-electron chi connectivity index (χ4n) is 4.12. The smallest absolute Gasteiger partial charge is 0.407 e. The molecule has 0 saturated carbocycles. The summed E-state index contributed by atoms with van der Waals surface area (Å²) in [6, 6.07) is 11.8. The van der Waals surface area contributed by atoms with Crippen LogP contribution >= 0.6 is 11.6 Å². The van der Waals surface area contributed by atoms with Gasteiger partial charge in [-0.15, -0.1) is 0 Å². The molecule has 3 rings (SSSR count). The minimum absolute atomic E-state index is 0.0727. The summed E-state index contributed by atoms with van der Waals surface area (Å²) in [6.45, 7) is 13.3. The van der Waals surface area contributed by atoms with Crippen molar-refractivity contribution in [1.82, 2.24) is 24.8 Å². The fourth-order valence-corrected chi connectivity index (χ4v) is 4.29. The Hall–Kier alpha value is -2.84. The Labute approximate surface area is 218 Å². The van der Waals surface area contributed by atoms with Gasteiger partial charge in [0.25, 0.3) is 0 Å². The maximum Gasteiger partial charge on any atom is 0.407 e. The molecule has 0 aliphatic carbocycles. The lowest BCUT2D eigenvalue weighted by molar-refractivity contribution is 0.0527. The molecule has 1 amide bonds. The van der Waals surface area contributed by atoms with Crippen molar-refractivity contribution in [2.45, 2.75) is 72.6 Å². The summed E-state index contributed by atoms with van der Waals surface area (Å²) in [5.41, 5.74) is 2.43. The van der Waals surface area contributed by atoms with Gasteiger partial charge in [-0.25, -0.2) is 9.59 Å². The highest BCUT2D eigenvalue weighted by molar-refractivity contribution is 6.34. The molecule has 0 aliphatic rings. The van der Waals surface area contributed by atoms with E-state index in [0.717, 1.165) is 30.6 Å². The number of hydrogen-bond donors (Lipinski definition) is 2. The van der Waals surface area contributed by atoms with Crippen molar-refractivity contribution in [1.29, 1.82) is 0 Å². The van der Waals surface area contributed by atoms with Crippen LogP contribution in [0, 0.1) is 12.8 Å². The number of aromatic nitrogens is 3. The zero-order valence-corrected chi connectivity index (χ0v) is 22.9. The van der Waals surface area contributed by atoms with E-state index in [4.69, 9.17) is 16.3 Å². The van der Waals surface area contributed by atoms with E-state index in [-0.39, 0.29) is 17.6 Å². The van der Waals surface area contributed by atoms with Gasteiger partial charge < -0.3 is 15.4 Å². The minimum atomic E-state index is -0.510. The average molecular weight is 516 g/mol. The number of benzene rings is 1. The summed E-state index contributed by atoms with van der Waals surface area (Å²) < 4.78 is 8.45. The SMILES string of the molecule is Cc1nn2c(=O)n(Cc3ccccc3)c(C(NCCCCNC(=O)OC(C)(C)C)C(C)C)cc2c1Cl. The Kier molecular flexibility index (Phi) is 9.19. The second kappa shape index (κ2) is 11.9. The third kappa shape index (κ3) is 7.11. The molecule has 0 aliphatic heterocycles. The molecule has 0 bridgehead atoms. The van der Waals surface area contributed by atoms with Gasteiger partial charge in [-0.2, -0.15) is 9.61 Å². The number of unbranched alkanes of at least 4 members (excludes halogenated alkanes) is 1. The van der Waals surface area contributed by atoms with Crippen LogP contribution in [0.1, 0.15) is 70.5 Å². The van der Waals surface area contributed by atoms with E-state index in [0.29, 0.717) is 29.3 Å². The van der Waals surface area contributed by atoms with E-state index < -0.39 is 11.7 Å². The van der Waals surface area contributed by atoms with Crippen molar-refractivity contribution in [3.8, 4) is 0 Å². The number of carbonyl (C=O) groups is 1. The second-order valence-electron chi connectivity index (χ2n) is 10.4. The van der Waals surface area contributed by atoms with Crippen LogP contribution < -0.4 is 16.3 Å². The van der Waals surface area contributed by atoms with Crippen molar-refractivity contribution in [3.05, 3.63) is 68.9 Å². The van der Waals surface area contributed by atoms with Crippen LogP contribution in [0.4, 0.5) is 4.79 Å². The van der Waals surface area contributed by atoms with Crippen molar-refractivity contribution in [2.24, 2.45) is 5.92 Å². The summed E-state index contributed by atoms with van der Waals surface area (Å²) in [4.78, 5) is 25.4. The second-order valence-corrected chi connectivity index (χ2v) is 10.8. The molecule has 0 spiro atoms. The molecule has 8 nitrogen and oxygen atoms in total. The third-order valence-electron chi connectivity index (χ3n) is 5.83. The molecule has 196 valence electrons. The van der Waals surface area contributed by atoms with Gasteiger partial charge in [0.2, 0.25) is 0 Å². The van der Waals surface area contributed by atoms with Crippen LogP contribution in [0.15, 0.2) is 41.2 Å². The number of carbonyl (C=O) groups excluding carboxylic acids is 1. The van der Waals surface area contributed by atoms with Gasteiger partial charge in [-0.3, -0.25) is 4.57 Å². The number of nitrogens with one attached hydrogen (secondary N) is 2. The van der Waals surface area contributed by atoms with Crippen molar-refractivity contribution >= 4 is 23.2 Å². The van der Waals surface area contributed by atoms with E-state index in [2.05, 4.69) is 29.6 Å². The highest BCUT2D eigenvalue weighted by atomic mass is 35.5. The molecule has 0 saturated heterocycles. The Morgan fingerprint density at radius 3 is 2.44 bits per heavy atom. The third-order valence-corrected chi connectivity index (χ3v) is 6.30. The van der Waals surface area contributed by atoms with Gasteiger partial charge >= 0.3 is 11.8 Å². The minimum Gasteiger partial charge on any atom is -0.444 e. The standard InChI is InChI=1S/C27H38ClN5O3/c1-18(2)24(29-14-10-11-15-30-25(34)36-27(4,5)6)22-16-21-23(28)19(3)31-33(21)26(35)32(22)17-20-12-8-7-9-13-20/h7-9,12-13,16,18,24,29H,10-11,14-15,17H2,1-6H3,(H,30,34). The number of nitrogens with zero attached hydrogens (tertiary/aromatic N) is 3. The zero-order valence-electron chi connectivity index (χ0n) is 22.1. The predicted octanol–water partition coefficient (Wildman–Crippen LogP) is 5.10. The van der Waals surface area contributed by atoms with Gasteiger partial charge in [0, 0.05) is 12.2 Å². The Morgan fingerprint density at radius 1 is 1.14 bits per heavy atom. The average Bonchev–Trinajstić information content (AvgIpc) is 3.08. The maximum absolute atomic E-state index is 13.5. The van der Waals surface area contributed by atoms with Crippen molar-refractivity contribution in [2.75, 3.05) is 13.1 Å². The fraction of sp³-hybridized carbons (Fsp3) is 0.519. The molecule has 2 N–H and O–H groups in total. The first-order valence-electron chi connectivity index (χ1n) is 12.5. The lowest BCUT2D eigenvalue weighted by Gasteiger charge is -2.26. The molecule has 1 aromatic carbocycles. The Morgan fingerprint density at radius 2 is 1.81 bits per heavy atom. The normalized spacial score (nSPS) is 12.8. The van der Waals surface area contributed by atoms with Crippen LogP contribution in [0.2, 0.25) is 5.02 Å². The summed E-state index contributed by atoms with van der Waals surface area (Å²) in [7, 11) is 0. The van der Waals surface area contributed by atoms with Gasteiger partial charge in [-0.1, -0.05) is 55.8 Å². The number of aryl methyl sites for hydroxylation is 1. The molecular weight excluding hydrogens is 478 g/mol. The molecule has 1 atom stereocenters. The summed E-state index contributed by atoms with van der Waals surface area (Å²) in [5, 5.41) is 11.3. The van der Waals surface area contributed by atoms with E-state index >= 15 is 0 Å². The summed E-state index contributed by atoms with van der Waals surface area (Å²) >= 11 is 6.51. The molecule has 36 heavy (non-hydrogen) atoms. The highest BCUT2D eigenvalue weighted by Gasteiger charge is 2.23. The predicted molar refractivity (Wildman–Crippen MR) is 144 cm³/mol. The number of amides is 1. The molecule has 0 radical (unpaired) electrons. The molecule has 2 aromatic heterocycles. The first-order chi connectivity index (χ1) is 17.0. The van der Waals surface area contributed by atoms with Crippen LogP contribution in [-0.4, -0.2) is 39.0 Å². The first-order valence-corrected chi connectivity index (χ1v) is 12.9. The maximum atomic E-state index is 13.5. The van der Waals surface area contributed by atoms with Crippen LogP contribution in [0.25, 0.3) is 5.52 Å². The Balaban J connectivity index is 1.78. The number of fused-ring (bicyclic) bond motifs is 1. The molecule has 3 aromatic rings. The van der Waals surface area contributed by atoms with E-state index in [9.17, 15) is 9.59 Å². The lowest BCUT2D eigenvalue weighted by Crippen LogP contribution is -2.37. The summed E-state index contributed by atoms with van der Waals surface area (Å²) in [5.74, 6) is 0.219. The molecule has 2 heterocycles. The molecular formula is C27H38ClN5O3. The monoisotopic (exact) mass is 515 g/mol. The molecule has 0 fully saturated rings. The van der Waals surface area contributed by atoms with Crippen LogP contribution in [0.3, 0.4) is 0 Å². The molecule has 9 heteroatoms. The topological polar surface area (TPSA) is 89.7 Å². The van der Waals surface area contributed by atoms with Gasteiger partial charge in [0.15, 0.2) is 0 Å². The molecule has 1 unspecified atom stereocenters. The largest absolute Gasteiger partial charge is 0.444 e. The number of halogens is 1. The first kappa shape index (κ1) is 27.7. The number of hydrogen-bond acceptors (Lipinski definition) is 5. The Bertz CT molecular complexity index is 1230. The van der Waals surface area contributed by atoms with Gasteiger partial charge in [0.1, 0.15) is 5.60 Å². The highest BCUT2D eigenvalue weighted by Crippen LogP contribution is 2.27.